The van der Waals surface area contributed by atoms with Crippen LogP contribution in [0.5, 0.6) is 0 Å². The van der Waals surface area contributed by atoms with E-state index in [9.17, 15) is 4.79 Å². The van der Waals surface area contributed by atoms with Crippen LogP contribution in [0, 0.1) is 11.3 Å². The number of hydrogen-bond acceptors (Lipinski definition) is 2. The molecule has 1 aliphatic carbocycles. The first kappa shape index (κ1) is 12.7. The summed E-state index contributed by atoms with van der Waals surface area (Å²) in [6.45, 7) is 4.41. The van der Waals surface area contributed by atoms with Gasteiger partial charge in [0.25, 0.3) is 0 Å². The van der Waals surface area contributed by atoms with Gasteiger partial charge in [0.1, 0.15) is 5.60 Å². The van der Waals surface area contributed by atoms with E-state index < -0.39 is 5.60 Å². The Hall–Kier alpha value is -1.35. The quantitative estimate of drug-likeness (QED) is 0.904. The Labute approximate surface area is 114 Å². The van der Waals surface area contributed by atoms with Crippen molar-refractivity contribution >= 4 is 11.6 Å². The summed E-state index contributed by atoms with van der Waals surface area (Å²) in [5.41, 5.74) is 1.71. The number of carbonyl (C=O) groups is 1. The third kappa shape index (κ3) is 1.29. The Morgan fingerprint density at radius 3 is 2.63 bits per heavy atom. The van der Waals surface area contributed by atoms with E-state index in [-0.39, 0.29) is 17.2 Å². The molecular weight excluding hydrogens is 238 g/mol. The Morgan fingerprint density at radius 2 is 2.00 bits per heavy atom. The van der Waals surface area contributed by atoms with Crippen LogP contribution < -0.4 is 5.32 Å². The first-order chi connectivity index (χ1) is 9.15. The lowest BCUT2D eigenvalue weighted by atomic mass is 9.44. The zero-order chi connectivity index (χ0) is 13.7. The molecule has 0 radical (unpaired) electrons. The molecule has 0 bridgehead atoms. The summed E-state index contributed by atoms with van der Waals surface area (Å²) in [6.07, 6.45) is 3.00. The van der Waals surface area contributed by atoms with Gasteiger partial charge in [-0.05, 0) is 25.3 Å². The van der Waals surface area contributed by atoms with Gasteiger partial charge in [-0.1, -0.05) is 32.0 Å². The molecule has 3 nitrogen and oxygen atoms in total. The Balaban J connectivity index is 2.22. The van der Waals surface area contributed by atoms with Gasteiger partial charge in [0.2, 0.25) is 5.91 Å². The van der Waals surface area contributed by atoms with Crippen molar-refractivity contribution in [3.8, 4) is 0 Å². The zero-order valence-corrected chi connectivity index (χ0v) is 11.8. The van der Waals surface area contributed by atoms with Crippen LogP contribution in [0.3, 0.4) is 0 Å². The smallest absolute Gasteiger partial charge is 0.230 e. The molecule has 1 aromatic carbocycles. The molecule has 1 saturated carbocycles. The van der Waals surface area contributed by atoms with Crippen molar-refractivity contribution in [3.63, 3.8) is 0 Å². The molecule has 1 aliphatic heterocycles. The molecule has 1 amide bonds. The highest BCUT2D eigenvalue weighted by Crippen LogP contribution is 2.68. The number of nitrogens with one attached hydrogen (secondary N) is 1. The van der Waals surface area contributed by atoms with Crippen molar-refractivity contribution in [2.45, 2.75) is 38.7 Å². The number of methoxy groups -OCH3 is 1. The zero-order valence-electron chi connectivity index (χ0n) is 11.8. The molecule has 0 spiro atoms. The minimum absolute atomic E-state index is 0.0488. The summed E-state index contributed by atoms with van der Waals surface area (Å²) in [6, 6.07) is 8.06. The van der Waals surface area contributed by atoms with Crippen LogP contribution in [0.25, 0.3) is 0 Å². The standard InChI is InChI=1S/C16H21NO2/c1-4-15(5-2)10-12-14(18)17-13-9-7-6-8-11(13)16(12,15)19-3/h6-9,12H,4-5,10H2,1-3H3,(H,17,18)/t12-,16-/m0/s1. The number of hydrogen-bond donors (Lipinski definition) is 1. The lowest BCUT2D eigenvalue weighted by Crippen LogP contribution is -2.67. The third-order valence-corrected chi connectivity index (χ3v) is 5.45. The van der Waals surface area contributed by atoms with Crippen LogP contribution in [-0.2, 0) is 15.1 Å². The fraction of sp³-hybridized carbons (Fsp3) is 0.562. The van der Waals surface area contributed by atoms with Gasteiger partial charge in [-0.25, -0.2) is 0 Å². The largest absolute Gasteiger partial charge is 0.372 e. The molecule has 0 saturated heterocycles. The molecule has 1 N–H and O–H groups in total. The van der Waals surface area contributed by atoms with Crippen molar-refractivity contribution in [1.82, 2.24) is 0 Å². The number of benzene rings is 1. The van der Waals surface area contributed by atoms with Gasteiger partial charge in [-0.3, -0.25) is 4.79 Å². The van der Waals surface area contributed by atoms with E-state index in [1.165, 1.54) is 0 Å². The summed E-state index contributed by atoms with van der Waals surface area (Å²) in [5, 5.41) is 3.02. The SMILES string of the molecule is CCC1(CC)C[C@H]2C(=O)Nc3ccccc3[C@]21OC. The average molecular weight is 259 g/mol. The van der Waals surface area contributed by atoms with Crippen LogP contribution in [-0.4, -0.2) is 13.0 Å². The normalized spacial score (nSPS) is 30.9. The maximum absolute atomic E-state index is 12.3. The number of carbonyl (C=O) groups excluding carboxylic acids is 1. The van der Waals surface area contributed by atoms with Gasteiger partial charge >= 0.3 is 0 Å². The number of anilines is 1. The fourth-order valence-corrected chi connectivity index (χ4v) is 4.34. The van der Waals surface area contributed by atoms with E-state index in [1.807, 2.05) is 18.2 Å². The van der Waals surface area contributed by atoms with Gasteiger partial charge < -0.3 is 10.1 Å². The lowest BCUT2D eigenvalue weighted by Gasteiger charge is -2.64. The molecule has 19 heavy (non-hydrogen) atoms. The number of rotatable bonds is 3. The highest BCUT2D eigenvalue weighted by Gasteiger charge is 2.69. The van der Waals surface area contributed by atoms with Crippen molar-refractivity contribution in [2.24, 2.45) is 11.3 Å². The Morgan fingerprint density at radius 1 is 1.32 bits per heavy atom. The maximum atomic E-state index is 12.3. The minimum Gasteiger partial charge on any atom is -0.372 e. The van der Waals surface area contributed by atoms with Crippen LogP contribution >= 0.6 is 0 Å². The van der Waals surface area contributed by atoms with E-state index in [2.05, 4.69) is 25.2 Å². The summed E-state index contributed by atoms with van der Waals surface area (Å²) in [7, 11) is 1.75. The van der Waals surface area contributed by atoms with Gasteiger partial charge in [-0.2, -0.15) is 0 Å². The first-order valence-corrected chi connectivity index (χ1v) is 7.10. The van der Waals surface area contributed by atoms with Crippen molar-refractivity contribution < 1.29 is 9.53 Å². The molecule has 1 heterocycles. The Kier molecular flexibility index (Phi) is 2.72. The number of fused-ring (bicyclic) bond motifs is 3. The van der Waals surface area contributed by atoms with E-state index in [4.69, 9.17) is 4.74 Å². The van der Waals surface area contributed by atoms with Gasteiger partial charge in [0, 0.05) is 23.8 Å². The van der Waals surface area contributed by atoms with E-state index in [0.29, 0.717) is 0 Å². The molecule has 3 heteroatoms. The monoisotopic (exact) mass is 259 g/mol. The van der Waals surface area contributed by atoms with Crippen molar-refractivity contribution in [2.75, 3.05) is 12.4 Å². The summed E-state index contributed by atoms with van der Waals surface area (Å²) < 4.78 is 6.01. The third-order valence-electron chi connectivity index (χ3n) is 5.45. The van der Waals surface area contributed by atoms with Gasteiger partial charge in [0.15, 0.2) is 0 Å². The van der Waals surface area contributed by atoms with Gasteiger partial charge in [0.05, 0.1) is 5.92 Å². The molecule has 3 rings (SSSR count). The highest BCUT2D eigenvalue weighted by atomic mass is 16.5. The number of para-hydroxylation sites is 1. The Bertz CT molecular complexity index is 521. The molecule has 1 aromatic rings. The second-order valence-electron chi connectivity index (χ2n) is 5.72. The molecule has 2 atom stereocenters. The molecule has 2 aliphatic rings. The van der Waals surface area contributed by atoms with Crippen LogP contribution in [0.1, 0.15) is 38.7 Å². The predicted molar refractivity (Wildman–Crippen MR) is 74.9 cm³/mol. The molecular formula is C16H21NO2. The van der Waals surface area contributed by atoms with E-state index in [1.54, 1.807) is 7.11 Å². The summed E-state index contributed by atoms with van der Waals surface area (Å²) in [5.74, 6) is 0.0605. The molecule has 1 fully saturated rings. The maximum Gasteiger partial charge on any atom is 0.230 e. The average Bonchev–Trinajstić information content (AvgIpc) is 2.41. The topological polar surface area (TPSA) is 38.3 Å². The molecule has 0 aromatic heterocycles. The minimum atomic E-state index is -0.435. The van der Waals surface area contributed by atoms with E-state index in [0.717, 1.165) is 30.5 Å². The van der Waals surface area contributed by atoms with E-state index >= 15 is 0 Å². The molecule has 102 valence electrons. The summed E-state index contributed by atoms with van der Waals surface area (Å²) in [4.78, 5) is 12.3. The van der Waals surface area contributed by atoms with Crippen LogP contribution in [0.2, 0.25) is 0 Å². The summed E-state index contributed by atoms with van der Waals surface area (Å²) >= 11 is 0. The van der Waals surface area contributed by atoms with Crippen LogP contribution in [0.15, 0.2) is 24.3 Å². The second kappa shape index (κ2) is 4.07. The number of amides is 1. The fourth-order valence-electron chi connectivity index (χ4n) is 4.34. The van der Waals surface area contributed by atoms with Gasteiger partial charge in [-0.15, -0.1) is 0 Å². The highest BCUT2D eigenvalue weighted by molar-refractivity contribution is 5.98. The van der Waals surface area contributed by atoms with Crippen molar-refractivity contribution in [3.05, 3.63) is 29.8 Å². The first-order valence-electron chi connectivity index (χ1n) is 7.10. The second-order valence-corrected chi connectivity index (χ2v) is 5.72. The van der Waals surface area contributed by atoms with Crippen LogP contribution in [0.4, 0.5) is 5.69 Å². The predicted octanol–water partition coefficient (Wildman–Crippen LogP) is 3.31. The number of ether oxygens (including phenoxy) is 1. The van der Waals surface area contributed by atoms with Crippen molar-refractivity contribution in [1.29, 1.82) is 0 Å². The lowest BCUT2D eigenvalue weighted by molar-refractivity contribution is -0.242. The molecule has 0 unspecified atom stereocenters.